The molecule has 172 valence electrons. The molecular formula is C23H29N3O6. The lowest BCUT2D eigenvalue weighted by Crippen LogP contribution is -2.07. The fourth-order valence-electron chi connectivity index (χ4n) is 3.25. The average Bonchev–Trinajstić information content (AvgIpc) is 2.78. The number of hydrogen-bond acceptors (Lipinski definition) is 7. The monoisotopic (exact) mass is 443 g/mol. The number of rotatable bonds is 14. The maximum atomic E-state index is 12.3. The zero-order valence-corrected chi connectivity index (χ0v) is 18.2. The van der Waals surface area contributed by atoms with Crippen molar-refractivity contribution in [3.05, 3.63) is 68.3 Å². The largest absolute Gasteiger partial charge is 0.462 e. The number of ether oxygens (including phenoxy) is 1. The molecule has 0 atom stereocenters. The SMILES string of the molecule is CCCCCCCCCCOC(=O)c1cccc(Nc2ccc([N+](=O)[O-])cc2[N+](=O)[O-])c1. The predicted octanol–water partition coefficient (Wildman–Crippen LogP) is 6.54. The molecule has 0 radical (unpaired) electrons. The van der Waals surface area contributed by atoms with E-state index in [2.05, 4.69) is 12.2 Å². The van der Waals surface area contributed by atoms with Crippen LogP contribution in [0.1, 0.15) is 68.6 Å². The highest BCUT2D eigenvalue weighted by atomic mass is 16.6. The number of benzene rings is 2. The molecule has 0 aliphatic heterocycles. The van der Waals surface area contributed by atoms with Crippen LogP contribution in [0.15, 0.2) is 42.5 Å². The molecule has 9 nitrogen and oxygen atoms in total. The molecule has 2 rings (SSSR count). The van der Waals surface area contributed by atoms with Crippen LogP contribution in [0.25, 0.3) is 0 Å². The Hall–Kier alpha value is -3.49. The van der Waals surface area contributed by atoms with Crippen LogP contribution in [0.5, 0.6) is 0 Å². The lowest BCUT2D eigenvalue weighted by Gasteiger charge is -2.09. The second kappa shape index (κ2) is 13.0. The normalized spacial score (nSPS) is 10.5. The molecule has 1 N–H and O–H groups in total. The number of anilines is 2. The van der Waals surface area contributed by atoms with Gasteiger partial charge < -0.3 is 10.1 Å². The van der Waals surface area contributed by atoms with Crippen LogP contribution < -0.4 is 5.32 Å². The van der Waals surface area contributed by atoms with Gasteiger partial charge >= 0.3 is 5.97 Å². The Labute approximate surface area is 187 Å². The second-order valence-electron chi connectivity index (χ2n) is 7.53. The van der Waals surface area contributed by atoms with E-state index >= 15 is 0 Å². The van der Waals surface area contributed by atoms with Crippen LogP contribution in [0, 0.1) is 20.2 Å². The molecule has 0 aromatic heterocycles. The van der Waals surface area contributed by atoms with E-state index in [1.807, 2.05) is 0 Å². The molecular weight excluding hydrogens is 414 g/mol. The van der Waals surface area contributed by atoms with Crippen molar-refractivity contribution in [2.45, 2.75) is 58.3 Å². The molecule has 32 heavy (non-hydrogen) atoms. The van der Waals surface area contributed by atoms with E-state index in [1.54, 1.807) is 18.2 Å². The number of non-ortho nitro benzene ring substituents is 1. The van der Waals surface area contributed by atoms with Gasteiger partial charge in [0.25, 0.3) is 11.4 Å². The number of esters is 1. The van der Waals surface area contributed by atoms with Crippen molar-refractivity contribution >= 4 is 28.7 Å². The average molecular weight is 444 g/mol. The van der Waals surface area contributed by atoms with Crippen LogP contribution >= 0.6 is 0 Å². The molecule has 0 fully saturated rings. The highest BCUT2D eigenvalue weighted by Crippen LogP contribution is 2.31. The quantitative estimate of drug-likeness (QED) is 0.152. The summed E-state index contributed by atoms with van der Waals surface area (Å²) in [6.07, 6.45) is 9.21. The van der Waals surface area contributed by atoms with Gasteiger partial charge in [0.15, 0.2) is 0 Å². The van der Waals surface area contributed by atoms with E-state index in [-0.39, 0.29) is 11.4 Å². The summed E-state index contributed by atoms with van der Waals surface area (Å²) in [4.78, 5) is 33.1. The van der Waals surface area contributed by atoms with Crippen LogP contribution in [0.3, 0.4) is 0 Å². The van der Waals surface area contributed by atoms with Crippen LogP contribution in [0.4, 0.5) is 22.7 Å². The molecule has 0 saturated heterocycles. The summed E-state index contributed by atoms with van der Waals surface area (Å²) in [5, 5.41) is 25.0. The number of carbonyl (C=O) groups excluding carboxylic acids is 1. The van der Waals surface area contributed by atoms with Gasteiger partial charge in [0.2, 0.25) is 0 Å². The molecule has 0 saturated carbocycles. The fraction of sp³-hybridized carbons (Fsp3) is 0.435. The van der Waals surface area contributed by atoms with Gasteiger partial charge in [-0.15, -0.1) is 0 Å². The van der Waals surface area contributed by atoms with Gasteiger partial charge in [0.05, 0.1) is 28.1 Å². The molecule has 0 spiro atoms. The van der Waals surface area contributed by atoms with Gasteiger partial charge in [-0.25, -0.2) is 4.79 Å². The standard InChI is InChI=1S/C23H29N3O6/c1-2-3-4-5-6-7-8-9-15-32-23(27)18-11-10-12-19(16-18)24-21-14-13-20(25(28)29)17-22(21)26(30)31/h10-14,16-17,24H,2-9,15H2,1H3. The number of nitro benzene ring substituents is 2. The molecule has 0 aliphatic rings. The van der Waals surface area contributed by atoms with Crippen molar-refractivity contribution in [3.63, 3.8) is 0 Å². The number of hydrogen-bond donors (Lipinski definition) is 1. The fourth-order valence-corrected chi connectivity index (χ4v) is 3.25. The zero-order valence-electron chi connectivity index (χ0n) is 18.2. The lowest BCUT2D eigenvalue weighted by molar-refractivity contribution is -0.393. The van der Waals surface area contributed by atoms with E-state index in [0.29, 0.717) is 17.9 Å². The van der Waals surface area contributed by atoms with Crippen molar-refractivity contribution in [2.75, 3.05) is 11.9 Å². The van der Waals surface area contributed by atoms with Crippen molar-refractivity contribution < 1.29 is 19.4 Å². The van der Waals surface area contributed by atoms with Crippen molar-refractivity contribution in [3.8, 4) is 0 Å². The topological polar surface area (TPSA) is 125 Å². The highest BCUT2D eigenvalue weighted by Gasteiger charge is 2.20. The molecule has 9 heteroatoms. The minimum atomic E-state index is -0.697. The van der Waals surface area contributed by atoms with Gasteiger partial charge in [-0.2, -0.15) is 0 Å². The number of nitrogens with zero attached hydrogens (tertiary/aromatic N) is 2. The third-order valence-electron chi connectivity index (χ3n) is 5.00. The second-order valence-corrected chi connectivity index (χ2v) is 7.53. The molecule has 2 aromatic rings. The Balaban J connectivity index is 1.89. The molecule has 0 aliphatic carbocycles. The minimum absolute atomic E-state index is 0.0880. The van der Waals surface area contributed by atoms with Crippen LogP contribution in [-0.2, 0) is 4.74 Å². The van der Waals surface area contributed by atoms with Gasteiger partial charge in [-0.1, -0.05) is 57.9 Å². The van der Waals surface area contributed by atoms with Gasteiger partial charge in [0, 0.05) is 11.8 Å². The van der Waals surface area contributed by atoms with Gasteiger partial charge in [-0.05, 0) is 30.7 Å². The lowest BCUT2D eigenvalue weighted by atomic mass is 10.1. The van der Waals surface area contributed by atoms with E-state index in [0.717, 1.165) is 25.3 Å². The Morgan fingerprint density at radius 3 is 2.25 bits per heavy atom. The third-order valence-corrected chi connectivity index (χ3v) is 5.00. The van der Waals surface area contributed by atoms with Crippen molar-refractivity contribution in [2.24, 2.45) is 0 Å². The van der Waals surface area contributed by atoms with E-state index in [1.165, 1.54) is 50.3 Å². The molecule has 0 bridgehead atoms. The summed E-state index contributed by atoms with van der Waals surface area (Å²) in [5.74, 6) is -0.463. The first kappa shape index (κ1) is 24.8. The first-order chi connectivity index (χ1) is 15.4. The molecule has 0 heterocycles. The van der Waals surface area contributed by atoms with Crippen molar-refractivity contribution in [1.29, 1.82) is 0 Å². The predicted molar refractivity (Wildman–Crippen MR) is 122 cm³/mol. The Bertz CT molecular complexity index is 932. The van der Waals surface area contributed by atoms with Crippen LogP contribution in [0.2, 0.25) is 0 Å². The van der Waals surface area contributed by atoms with Gasteiger partial charge in [-0.3, -0.25) is 20.2 Å². The maximum Gasteiger partial charge on any atom is 0.338 e. The first-order valence-corrected chi connectivity index (χ1v) is 10.9. The Kier molecular flexibility index (Phi) is 10.1. The summed E-state index contributed by atoms with van der Waals surface area (Å²) in [6.45, 7) is 2.54. The summed E-state index contributed by atoms with van der Waals surface area (Å²) in [5.41, 5.74) is 0.0371. The van der Waals surface area contributed by atoms with Crippen LogP contribution in [-0.4, -0.2) is 22.4 Å². The summed E-state index contributed by atoms with van der Waals surface area (Å²) in [7, 11) is 0. The maximum absolute atomic E-state index is 12.3. The molecule has 0 amide bonds. The smallest absolute Gasteiger partial charge is 0.338 e. The highest BCUT2D eigenvalue weighted by molar-refractivity contribution is 5.91. The summed E-state index contributed by atoms with van der Waals surface area (Å²) >= 11 is 0. The zero-order chi connectivity index (χ0) is 23.3. The Morgan fingerprint density at radius 2 is 1.59 bits per heavy atom. The van der Waals surface area contributed by atoms with E-state index in [4.69, 9.17) is 4.74 Å². The summed E-state index contributed by atoms with van der Waals surface area (Å²) < 4.78 is 5.33. The number of unbranched alkanes of at least 4 members (excludes halogenated alkanes) is 7. The minimum Gasteiger partial charge on any atom is -0.462 e. The third kappa shape index (κ3) is 7.98. The molecule has 0 unspecified atom stereocenters. The number of nitro groups is 2. The number of carbonyl (C=O) groups is 1. The summed E-state index contributed by atoms with van der Waals surface area (Å²) in [6, 6.07) is 9.74. The Morgan fingerprint density at radius 1 is 0.906 bits per heavy atom. The van der Waals surface area contributed by atoms with E-state index < -0.39 is 21.5 Å². The first-order valence-electron chi connectivity index (χ1n) is 10.9. The molecule has 2 aromatic carbocycles. The van der Waals surface area contributed by atoms with Gasteiger partial charge in [0.1, 0.15) is 5.69 Å². The number of nitrogens with one attached hydrogen (secondary N) is 1. The van der Waals surface area contributed by atoms with E-state index in [9.17, 15) is 25.0 Å². The van der Waals surface area contributed by atoms with Crippen molar-refractivity contribution in [1.82, 2.24) is 0 Å².